The Labute approximate surface area is 174 Å². The number of benzene rings is 2. The average Bonchev–Trinajstić information content (AvgIpc) is 3.20. The number of carbonyl (C=O) groups is 1. The van der Waals surface area contributed by atoms with Crippen LogP contribution >= 0.6 is 11.3 Å². The number of hydrogen-bond acceptors (Lipinski definition) is 6. The Morgan fingerprint density at radius 1 is 1.07 bits per heavy atom. The summed E-state index contributed by atoms with van der Waals surface area (Å²) < 4.78 is 16.2. The van der Waals surface area contributed by atoms with E-state index in [9.17, 15) is 4.79 Å². The Hall–Kier alpha value is -3.06. The number of para-hydroxylation sites is 1. The molecule has 1 aromatic heterocycles. The second-order valence-electron chi connectivity index (χ2n) is 6.22. The topological polar surface area (TPSA) is 69.7 Å². The first-order valence-electron chi connectivity index (χ1n) is 9.28. The minimum atomic E-state index is -0.0882. The van der Waals surface area contributed by atoms with Gasteiger partial charge in [-0.3, -0.25) is 4.79 Å². The van der Waals surface area contributed by atoms with Crippen molar-refractivity contribution < 1.29 is 19.0 Å². The third-order valence-electron chi connectivity index (χ3n) is 4.25. The molecular weight excluding hydrogens is 388 g/mol. The zero-order valence-corrected chi connectivity index (χ0v) is 17.5. The molecule has 3 rings (SSSR count). The quantitative estimate of drug-likeness (QED) is 0.573. The van der Waals surface area contributed by atoms with E-state index < -0.39 is 0 Å². The number of thiazole rings is 1. The van der Waals surface area contributed by atoms with E-state index in [1.54, 1.807) is 14.2 Å². The number of hydrogen-bond donors (Lipinski definition) is 1. The summed E-state index contributed by atoms with van der Waals surface area (Å²) in [7, 11) is 3.18. The van der Waals surface area contributed by atoms with Crippen LogP contribution in [0.1, 0.15) is 18.2 Å². The van der Waals surface area contributed by atoms with E-state index in [4.69, 9.17) is 14.2 Å². The maximum atomic E-state index is 12.4. The largest absolute Gasteiger partial charge is 0.493 e. The monoisotopic (exact) mass is 412 g/mol. The zero-order chi connectivity index (χ0) is 20.6. The van der Waals surface area contributed by atoms with Gasteiger partial charge in [-0.05, 0) is 36.8 Å². The van der Waals surface area contributed by atoms with Gasteiger partial charge in [0.05, 0.1) is 38.5 Å². The molecule has 1 heterocycles. The Morgan fingerprint density at radius 2 is 1.86 bits per heavy atom. The van der Waals surface area contributed by atoms with E-state index in [2.05, 4.69) is 10.3 Å². The van der Waals surface area contributed by atoms with Crippen LogP contribution in [0.2, 0.25) is 0 Å². The number of aromatic nitrogens is 1. The van der Waals surface area contributed by atoms with Gasteiger partial charge in [-0.15, -0.1) is 11.3 Å². The van der Waals surface area contributed by atoms with Gasteiger partial charge in [0.15, 0.2) is 11.5 Å². The molecule has 0 unspecified atom stereocenters. The fourth-order valence-corrected chi connectivity index (χ4v) is 3.70. The van der Waals surface area contributed by atoms with Crippen LogP contribution in [0, 0.1) is 0 Å². The van der Waals surface area contributed by atoms with Crippen LogP contribution in [0.4, 0.5) is 0 Å². The van der Waals surface area contributed by atoms with Crippen LogP contribution < -0.4 is 19.5 Å². The third kappa shape index (κ3) is 5.26. The van der Waals surface area contributed by atoms with Crippen LogP contribution in [0.3, 0.4) is 0 Å². The number of nitrogens with one attached hydrogen (secondary N) is 1. The van der Waals surface area contributed by atoms with Gasteiger partial charge < -0.3 is 19.5 Å². The summed E-state index contributed by atoms with van der Waals surface area (Å²) in [5, 5.41) is 5.68. The van der Waals surface area contributed by atoms with E-state index in [0.717, 1.165) is 27.6 Å². The zero-order valence-electron chi connectivity index (χ0n) is 16.7. The maximum Gasteiger partial charge on any atom is 0.226 e. The number of carbonyl (C=O) groups excluding carboxylic acids is 1. The van der Waals surface area contributed by atoms with Crippen molar-refractivity contribution in [2.45, 2.75) is 19.9 Å². The lowest BCUT2D eigenvalue weighted by Gasteiger charge is -2.10. The Bertz CT molecular complexity index is 971. The van der Waals surface area contributed by atoms with Crippen molar-refractivity contribution in [2.24, 2.45) is 0 Å². The predicted octanol–water partition coefficient (Wildman–Crippen LogP) is 4.08. The molecule has 0 bridgehead atoms. The van der Waals surface area contributed by atoms with Gasteiger partial charge in [-0.25, -0.2) is 4.98 Å². The Morgan fingerprint density at radius 3 is 2.62 bits per heavy atom. The van der Waals surface area contributed by atoms with Crippen molar-refractivity contribution in [1.29, 1.82) is 0 Å². The van der Waals surface area contributed by atoms with Gasteiger partial charge in [0.1, 0.15) is 10.8 Å². The smallest absolute Gasteiger partial charge is 0.226 e. The molecule has 29 heavy (non-hydrogen) atoms. The molecule has 0 atom stereocenters. The van der Waals surface area contributed by atoms with Crippen molar-refractivity contribution in [3.63, 3.8) is 0 Å². The van der Waals surface area contributed by atoms with Crippen LogP contribution in [0.25, 0.3) is 10.6 Å². The Kier molecular flexibility index (Phi) is 7.08. The highest BCUT2D eigenvalue weighted by Gasteiger charge is 2.13. The second kappa shape index (κ2) is 9.93. The Balaban J connectivity index is 1.61. The molecule has 2 aromatic carbocycles. The molecule has 0 saturated carbocycles. The SMILES string of the molecule is CCOc1ccccc1-c1nc(CC(=O)NCc2ccc(OC)c(OC)c2)cs1. The molecule has 0 aliphatic heterocycles. The lowest BCUT2D eigenvalue weighted by Crippen LogP contribution is -2.24. The van der Waals surface area contributed by atoms with Gasteiger partial charge in [0.2, 0.25) is 5.91 Å². The van der Waals surface area contributed by atoms with E-state index in [-0.39, 0.29) is 12.3 Å². The van der Waals surface area contributed by atoms with Gasteiger partial charge in [0, 0.05) is 11.9 Å². The molecule has 0 spiro atoms. The fourth-order valence-electron chi connectivity index (χ4n) is 2.85. The molecule has 1 amide bonds. The minimum Gasteiger partial charge on any atom is -0.493 e. The molecule has 3 aromatic rings. The summed E-state index contributed by atoms with van der Waals surface area (Å²) >= 11 is 1.51. The number of rotatable bonds is 9. The molecule has 0 radical (unpaired) electrons. The van der Waals surface area contributed by atoms with E-state index in [1.807, 2.05) is 54.8 Å². The lowest BCUT2D eigenvalue weighted by molar-refractivity contribution is -0.120. The van der Waals surface area contributed by atoms with Crippen LogP contribution in [0.5, 0.6) is 17.2 Å². The minimum absolute atomic E-state index is 0.0882. The first-order chi connectivity index (χ1) is 14.1. The molecule has 0 aliphatic carbocycles. The first-order valence-corrected chi connectivity index (χ1v) is 10.2. The summed E-state index contributed by atoms with van der Waals surface area (Å²) in [6.45, 7) is 2.95. The normalized spacial score (nSPS) is 10.4. The summed E-state index contributed by atoms with van der Waals surface area (Å²) in [5.41, 5.74) is 2.61. The summed E-state index contributed by atoms with van der Waals surface area (Å²) in [4.78, 5) is 17.0. The van der Waals surface area contributed by atoms with Crippen molar-refractivity contribution in [2.75, 3.05) is 20.8 Å². The van der Waals surface area contributed by atoms with Crippen molar-refractivity contribution in [3.05, 3.63) is 59.1 Å². The van der Waals surface area contributed by atoms with E-state index in [1.165, 1.54) is 11.3 Å². The highest BCUT2D eigenvalue weighted by molar-refractivity contribution is 7.13. The van der Waals surface area contributed by atoms with Crippen LogP contribution in [-0.2, 0) is 17.8 Å². The van der Waals surface area contributed by atoms with Crippen LogP contribution in [0.15, 0.2) is 47.8 Å². The number of amides is 1. The standard InChI is InChI=1S/C22H24N2O4S/c1-4-28-18-8-6-5-7-17(18)22-24-16(14-29-22)12-21(25)23-13-15-9-10-19(26-2)20(11-15)27-3/h5-11,14H,4,12-13H2,1-3H3,(H,23,25). The fraction of sp³-hybridized carbons (Fsp3) is 0.273. The van der Waals surface area contributed by atoms with Crippen molar-refractivity contribution in [1.82, 2.24) is 10.3 Å². The molecule has 0 fully saturated rings. The van der Waals surface area contributed by atoms with E-state index >= 15 is 0 Å². The van der Waals surface area contributed by atoms with E-state index in [0.29, 0.717) is 24.7 Å². The average molecular weight is 413 g/mol. The number of ether oxygens (including phenoxy) is 3. The van der Waals surface area contributed by atoms with Crippen molar-refractivity contribution >= 4 is 17.2 Å². The molecular formula is C22H24N2O4S. The first kappa shape index (κ1) is 20.7. The summed E-state index contributed by atoms with van der Waals surface area (Å²) in [6, 6.07) is 13.4. The molecule has 1 N–H and O–H groups in total. The lowest BCUT2D eigenvalue weighted by atomic mass is 10.2. The summed E-state index contributed by atoms with van der Waals surface area (Å²) in [5.74, 6) is 2.00. The highest BCUT2D eigenvalue weighted by Crippen LogP contribution is 2.32. The highest BCUT2D eigenvalue weighted by atomic mass is 32.1. The molecule has 6 nitrogen and oxygen atoms in total. The van der Waals surface area contributed by atoms with Gasteiger partial charge in [-0.2, -0.15) is 0 Å². The van der Waals surface area contributed by atoms with Gasteiger partial charge >= 0.3 is 0 Å². The molecule has 0 aliphatic rings. The van der Waals surface area contributed by atoms with Gasteiger partial charge in [-0.1, -0.05) is 18.2 Å². The number of nitrogens with zero attached hydrogens (tertiary/aromatic N) is 1. The number of methoxy groups -OCH3 is 2. The maximum absolute atomic E-state index is 12.4. The molecule has 152 valence electrons. The molecule has 7 heteroatoms. The van der Waals surface area contributed by atoms with Gasteiger partial charge in [0.25, 0.3) is 0 Å². The third-order valence-corrected chi connectivity index (χ3v) is 5.17. The summed E-state index contributed by atoms with van der Waals surface area (Å²) in [6.07, 6.45) is 0.223. The van der Waals surface area contributed by atoms with Crippen LogP contribution in [-0.4, -0.2) is 31.7 Å². The van der Waals surface area contributed by atoms with Crippen molar-refractivity contribution in [3.8, 4) is 27.8 Å². The predicted molar refractivity (Wildman–Crippen MR) is 114 cm³/mol. The second-order valence-corrected chi connectivity index (χ2v) is 7.07. The molecule has 0 saturated heterocycles.